The van der Waals surface area contributed by atoms with Gasteiger partial charge < -0.3 is 14.2 Å². The van der Waals surface area contributed by atoms with Crippen LogP contribution >= 0.6 is 11.6 Å². The number of aromatic nitrogens is 1. The van der Waals surface area contributed by atoms with E-state index in [0.717, 1.165) is 37.4 Å². The Bertz CT molecular complexity index is 741. The van der Waals surface area contributed by atoms with Crippen molar-refractivity contribution >= 4 is 17.6 Å². The van der Waals surface area contributed by atoms with Crippen molar-refractivity contribution in [3.63, 3.8) is 0 Å². The molecule has 1 saturated heterocycles. The van der Waals surface area contributed by atoms with E-state index in [1.54, 1.807) is 0 Å². The van der Waals surface area contributed by atoms with Crippen LogP contribution in [0.25, 0.3) is 11.3 Å². The van der Waals surface area contributed by atoms with Gasteiger partial charge in [-0.3, -0.25) is 9.69 Å². The number of likely N-dealkylation sites (N-methyl/N-ethyl adjacent to an activating group) is 1. The van der Waals surface area contributed by atoms with Crippen molar-refractivity contribution < 1.29 is 14.1 Å². The van der Waals surface area contributed by atoms with Gasteiger partial charge in [-0.15, -0.1) is 0 Å². The van der Waals surface area contributed by atoms with E-state index in [9.17, 15) is 4.79 Å². The number of carbonyl (C=O) groups is 1. The standard InChI is InChI=1S/C19H24ClN3O3/c1-22-7-9-23(10-8-22)13-14(19(24)25-2)11-15-12-18(26-21-15)16-5-3-4-6-17(16)20/h3-6,12,14H,7-11,13H2,1-2H3/t14-/m0/s1. The van der Waals surface area contributed by atoms with Gasteiger partial charge in [0.1, 0.15) is 0 Å². The highest BCUT2D eigenvalue weighted by atomic mass is 35.5. The van der Waals surface area contributed by atoms with Crippen molar-refractivity contribution in [3.05, 3.63) is 41.0 Å². The number of hydrogen-bond donors (Lipinski definition) is 0. The minimum Gasteiger partial charge on any atom is -0.469 e. The summed E-state index contributed by atoms with van der Waals surface area (Å²) in [4.78, 5) is 16.8. The SMILES string of the molecule is COC(=O)[C@@H](Cc1cc(-c2ccccc2Cl)on1)CN1CCN(C)CC1. The number of hydrogen-bond acceptors (Lipinski definition) is 6. The van der Waals surface area contributed by atoms with Crippen molar-refractivity contribution in [2.24, 2.45) is 5.92 Å². The van der Waals surface area contributed by atoms with E-state index in [1.807, 2.05) is 30.3 Å². The summed E-state index contributed by atoms with van der Waals surface area (Å²) in [6.07, 6.45) is 0.479. The van der Waals surface area contributed by atoms with E-state index < -0.39 is 0 Å². The second-order valence-corrected chi connectivity index (χ2v) is 7.10. The zero-order valence-electron chi connectivity index (χ0n) is 15.2. The maximum absolute atomic E-state index is 12.2. The highest BCUT2D eigenvalue weighted by Gasteiger charge is 2.26. The molecule has 0 spiro atoms. The zero-order chi connectivity index (χ0) is 18.5. The molecule has 1 atom stereocenters. The summed E-state index contributed by atoms with van der Waals surface area (Å²) < 4.78 is 10.4. The molecule has 1 aromatic carbocycles. The first-order valence-electron chi connectivity index (χ1n) is 8.76. The molecule has 6 nitrogen and oxygen atoms in total. The molecule has 2 aromatic rings. The third-order valence-corrected chi connectivity index (χ3v) is 5.09. The molecule has 1 aromatic heterocycles. The van der Waals surface area contributed by atoms with Gasteiger partial charge in [-0.1, -0.05) is 28.9 Å². The van der Waals surface area contributed by atoms with E-state index in [2.05, 4.69) is 22.0 Å². The minimum absolute atomic E-state index is 0.216. The van der Waals surface area contributed by atoms with Crippen LogP contribution < -0.4 is 0 Å². The summed E-state index contributed by atoms with van der Waals surface area (Å²) >= 11 is 6.21. The predicted molar refractivity (Wildman–Crippen MR) is 100 cm³/mol. The zero-order valence-corrected chi connectivity index (χ0v) is 15.9. The van der Waals surface area contributed by atoms with Crippen molar-refractivity contribution in [2.45, 2.75) is 6.42 Å². The molecule has 1 aliphatic rings. The Labute approximate surface area is 158 Å². The van der Waals surface area contributed by atoms with Crippen LogP contribution in [0.15, 0.2) is 34.9 Å². The Morgan fingerprint density at radius 2 is 2.04 bits per heavy atom. The molecule has 0 bridgehead atoms. The fourth-order valence-corrected chi connectivity index (χ4v) is 3.41. The number of piperazine rings is 1. The number of carbonyl (C=O) groups excluding carboxylic acids is 1. The molecule has 1 aliphatic heterocycles. The molecule has 7 heteroatoms. The van der Waals surface area contributed by atoms with E-state index in [0.29, 0.717) is 23.7 Å². The molecule has 0 aliphatic carbocycles. The van der Waals surface area contributed by atoms with E-state index in [4.69, 9.17) is 20.9 Å². The first-order chi connectivity index (χ1) is 12.6. The fraction of sp³-hybridized carbons (Fsp3) is 0.474. The van der Waals surface area contributed by atoms with E-state index >= 15 is 0 Å². The van der Waals surface area contributed by atoms with Crippen LogP contribution in [-0.2, 0) is 16.0 Å². The number of rotatable bonds is 6. The molecule has 26 heavy (non-hydrogen) atoms. The average Bonchev–Trinajstić information content (AvgIpc) is 3.11. The quantitative estimate of drug-likeness (QED) is 0.721. The van der Waals surface area contributed by atoms with Gasteiger partial charge in [0, 0.05) is 50.8 Å². The maximum Gasteiger partial charge on any atom is 0.310 e. The molecule has 3 rings (SSSR count). The van der Waals surface area contributed by atoms with Gasteiger partial charge in [-0.05, 0) is 19.2 Å². The van der Waals surface area contributed by atoms with Crippen LogP contribution in [0.2, 0.25) is 5.02 Å². The fourth-order valence-electron chi connectivity index (χ4n) is 3.18. The third-order valence-electron chi connectivity index (χ3n) is 4.76. The van der Waals surface area contributed by atoms with Crippen molar-refractivity contribution in [1.29, 1.82) is 0 Å². The van der Waals surface area contributed by atoms with Gasteiger partial charge in [-0.25, -0.2) is 0 Å². The normalized spacial score (nSPS) is 17.2. The van der Waals surface area contributed by atoms with E-state index in [-0.39, 0.29) is 11.9 Å². The second kappa shape index (κ2) is 8.66. The van der Waals surface area contributed by atoms with Crippen LogP contribution in [-0.4, -0.2) is 67.8 Å². The number of methoxy groups -OCH3 is 1. The van der Waals surface area contributed by atoms with Gasteiger partial charge in [0.25, 0.3) is 0 Å². The van der Waals surface area contributed by atoms with Crippen LogP contribution in [0.5, 0.6) is 0 Å². The number of benzene rings is 1. The average molecular weight is 378 g/mol. The van der Waals surface area contributed by atoms with Crippen molar-refractivity contribution in [1.82, 2.24) is 15.0 Å². The van der Waals surface area contributed by atoms with Crippen LogP contribution in [0.3, 0.4) is 0 Å². The Morgan fingerprint density at radius 3 is 2.73 bits per heavy atom. The number of halogens is 1. The highest BCUT2D eigenvalue weighted by Crippen LogP contribution is 2.28. The minimum atomic E-state index is -0.271. The van der Waals surface area contributed by atoms with Gasteiger partial charge >= 0.3 is 5.97 Å². The second-order valence-electron chi connectivity index (χ2n) is 6.69. The summed E-state index contributed by atoms with van der Waals surface area (Å²) in [6, 6.07) is 9.31. The number of ether oxygens (including phenoxy) is 1. The third kappa shape index (κ3) is 4.63. The molecular formula is C19H24ClN3O3. The van der Waals surface area contributed by atoms with Gasteiger partial charge in [-0.2, -0.15) is 0 Å². The van der Waals surface area contributed by atoms with Crippen LogP contribution in [0.1, 0.15) is 5.69 Å². The molecular weight excluding hydrogens is 354 g/mol. The predicted octanol–water partition coefficient (Wildman–Crippen LogP) is 2.57. The Hall–Kier alpha value is -1.89. The Morgan fingerprint density at radius 1 is 1.31 bits per heavy atom. The van der Waals surface area contributed by atoms with Gasteiger partial charge in [0.2, 0.25) is 0 Å². The Balaban J connectivity index is 1.69. The molecule has 0 radical (unpaired) electrons. The van der Waals surface area contributed by atoms with Crippen LogP contribution in [0.4, 0.5) is 0 Å². The monoisotopic (exact) mass is 377 g/mol. The molecule has 0 saturated carbocycles. The van der Waals surface area contributed by atoms with Gasteiger partial charge in [0.05, 0.1) is 23.7 Å². The molecule has 0 N–H and O–H groups in total. The molecule has 0 unspecified atom stereocenters. The highest BCUT2D eigenvalue weighted by molar-refractivity contribution is 6.33. The molecule has 1 fully saturated rings. The summed E-state index contributed by atoms with van der Waals surface area (Å²) in [5.41, 5.74) is 1.52. The van der Waals surface area contributed by atoms with E-state index in [1.165, 1.54) is 7.11 Å². The van der Waals surface area contributed by atoms with Crippen molar-refractivity contribution in [2.75, 3.05) is 46.9 Å². The number of nitrogens with zero attached hydrogens (tertiary/aromatic N) is 3. The first-order valence-corrected chi connectivity index (χ1v) is 9.14. The largest absolute Gasteiger partial charge is 0.469 e. The summed E-state index contributed by atoms with van der Waals surface area (Å²) in [6.45, 7) is 4.58. The smallest absolute Gasteiger partial charge is 0.310 e. The summed E-state index contributed by atoms with van der Waals surface area (Å²) in [5, 5.41) is 4.74. The molecule has 2 heterocycles. The lowest BCUT2D eigenvalue weighted by atomic mass is 10.0. The topological polar surface area (TPSA) is 58.8 Å². The number of esters is 1. The van der Waals surface area contributed by atoms with Crippen molar-refractivity contribution in [3.8, 4) is 11.3 Å². The summed E-state index contributed by atoms with van der Waals surface area (Å²) in [7, 11) is 3.54. The first kappa shape index (κ1) is 18.9. The van der Waals surface area contributed by atoms with Gasteiger partial charge in [0.15, 0.2) is 5.76 Å². The molecule has 0 amide bonds. The lowest BCUT2D eigenvalue weighted by molar-refractivity contribution is -0.146. The molecule has 140 valence electrons. The lowest BCUT2D eigenvalue weighted by Gasteiger charge is -2.33. The van der Waals surface area contributed by atoms with Crippen LogP contribution in [0, 0.1) is 5.92 Å². The maximum atomic E-state index is 12.2. The Kier molecular flexibility index (Phi) is 6.29. The summed E-state index contributed by atoms with van der Waals surface area (Å²) in [5.74, 6) is 0.118. The lowest BCUT2D eigenvalue weighted by Crippen LogP contribution is -2.47.